The highest BCUT2D eigenvalue weighted by Gasteiger charge is 2.08. The van der Waals surface area contributed by atoms with Gasteiger partial charge in [-0.05, 0) is 36.6 Å². The molecule has 0 spiro atoms. The van der Waals surface area contributed by atoms with Crippen LogP contribution in [0.2, 0.25) is 0 Å². The Hall–Kier alpha value is -2.13. The van der Waals surface area contributed by atoms with Crippen LogP contribution in [0.25, 0.3) is 26.3 Å². The zero-order valence-corrected chi connectivity index (χ0v) is 11.3. The van der Waals surface area contributed by atoms with E-state index < -0.39 is 0 Å². The van der Waals surface area contributed by atoms with Gasteiger partial charge in [0, 0.05) is 17.1 Å². The van der Waals surface area contributed by atoms with E-state index in [-0.39, 0.29) is 0 Å². The molecule has 0 saturated heterocycles. The Bertz CT molecular complexity index is 853. The molecule has 0 saturated carbocycles. The normalized spacial score (nSPS) is 11.4. The van der Waals surface area contributed by atoms with Crippen molar-refractivity contribution in [2.75, 3.05) is 0 Å². The van der Waals surface area contributed by atoms with Crippen molar-refractivity contribution in [2.45, 2.75) is 6.92 Å². The second-order valence-electron chi connectivity index (χ2n) is 4.74. The van der Waals surface area contributed by atoms with Crippen LogP contribution in [-0.2, 0) is 0 Å². The van der Waals surface area contributed by atoms with Gasteiger partial charge in [-0.15, -0.1) is 11.3 Å². The summed E-state index contributed by atoms with van der Waals surface area (Å²) in [6.45, 7) is 2.13. The standard InChI is InChI=1S/C16H12N2S/c1-11-5-6-14-12(8-11)9-15(19-14)13-10-18-7-3-2-4-16(18)17-13/h2-10H,1H3. The fourth-order valence-electron chi connectivity index (χ4n) is 2.34. The van der Waals surface area contributed by atoms with Crippen LogP contribution in [0, 0.1) is 6.92 Å². The minimum absolute atomic E-state index is 0.992. The molecule has 3 heterocycles. The molecule has 0 aliphatic heterocycles. The summed E-state index contributed by atoms with van der Waals surface area (Å²) in [4.78, 5) is 5.90. The summed E-state index contributed by atoms with van der Waals surface area (Å²) >= 11 is 1.80. The van der Waals surface area contributed by atoms with E-state index in [0.29, 0.717) is 0 Å². The number of pyridine rings is 1. The summed E-state index contributed by atoms with van der Waals surface area (Å²) in [5.74, 6) is 0. The van der Waals surface area contributed by atoms with E-state index in [1.807, 2.05) is 24.4 Å². The lowest BCUT2D eigenvalue weighted by Crippen LogP contribution is -1.77. The molecule has 92 valence electrons. The van der Waals surface area contributed by atoms with Crippen LogP contribution in [0.5, 0.6) is 0 Å². The van der Waals surface area contributed by atoms with Crippen molar-refractivity contribution in [2.24, 2.45) is 0 Å². The predicted octanol–water partition coefficient (Wildman–Crippen LogP) is 4.52. The maximum absolute atomic E-state index is 4.67. The van der Waals surface area contributed by atoms with Gasteiger partial charge in [0.1, 0.15) is 5.65 Å². The molecule has 0 amide bonds. The molecule has 19 heavy (non-hydrogen) atoms. The Balaban J connectivity index is 1.93. The quantitative estimate of drug-likeness (QED) is 0.494. The van der Waals surface area contributed by atoms with Crippen molar-refractivity contribution >= 4 is 27.1 Å². The van der Waals surface area contributed by atoms with Gasteiger partial charge in [-0.1, -0.05) is 23.8 Å². The fourth-order valence-corrected chi connectivity index (χ4v) is 3.34. The number of nitrogens with zero attached hydrogens (tertiary/aromatic N) is 2. The van der Waals surface area contributed by atoms with Crippen LogP contribution in [0.1, 0.15) is 5.56 Å². The van der Waals surface area contributed by atoms with E-state index in [1.54, 1.807) is 11.3 Å². The summed E-state index contributed by atoms with van der Waals surface area (Å²) in [5.41, 5.74) is 3.34. The van der Waals surface area contributed by atoms with E-state index in [2.05, 4.69) is 46.8 Å². The monoisotopic (exact) mass is 264 g/mol. The van der Waals surface area contributed by atoms with Gasteiger partial charge in [-0.3, -0.25) is 0 Å². The van der Waals surface area contributed by atoms with E-state index in [0.717, 1.165) is 11.3 Å². The summed E-state index contributed by atoms with van der Waals surface area (Å²) in [6, 6.07) is 14.9. The first kappa shape index (κ1) is 10.8. The Morgan fingerprint density at radius 3 is 2.95 bits per heavy atom. The molecule has 0 N–H and O–H groups in total. The molecule has 0 aliphatic carbocycles. The zero-order valence-electron chi connectivity index (χ0n) is 10.5. The average molecular weight is 264 g/mol. The maximum Gasteiger partial charge on any atom is 0.137 e. The third-order valence-electron chi connectivity index (χ3n) is 3.29. The highest BCUT2D eigenvalue weighted by Crippen LogP contribution is 2.33. The van der Waals surface area contributed by atoms with Gasteiger partial charge in [0.2, 0.25) is 0 Å². The number of imidazole rings is 1. The molecule has 0 atom stereocenters. The number of aryl methyl sites for hydroxylation is 1. The molecule has 1 aromatic carbocycles. The summed E-state index contributed by atoms with van der Waals surface area (Å²) < 4.78 is 3.38. The first-order chi connectivity index (χ1) is 9.29. The van der Waals surface area contributed by atoms with Gasteiger partial charge in [0.05, 0.1) is 10.6 Å². The van der Waals surface area contributed by atoms with Gasteiger partial charge >= 0.3 is 0 Å². The minimum Gasteiger partial charge on any atom is -0.306 e. The smallest absolute Gasteiger partial charge is 0.137 e. The molecule has 4 rings (SSSR count). The van der Waals surface area contributed by atoms with E-state index in [4.69, 9.17) is 0 Å². The third-order valence-corrected chi connectivity index (χ3v) is 4.43. The summed E-state index contributed by atoms with van der Waals surface area (Å²) in [7, 11) is 0. The Labute approximate surface area is 115 Å². The topological polar surface area (TPSA) is 17.3 Å². The number of benzene rings is 1. The van der Waals surface area contributed by atoms with Crippen molar-refractivity contribution in [1.82, 2.24) is 9.38 Å². The van der Waals surface area contributed by atoms with Gasteiger partial charge in [0.15, 0.2) is 0 Å². The van der Waals surface area contributed by atoms with Crippen LogP contribution >= 0.6 is 11.3 Å². The maximum atomic E-state index is 4.67. The molecule has 0 aliphatic rings. The predicted molar refractivity (Wildman–Crippen MR) is 80.7 cm³/mol. The molecule has 0 bridgehead atoms. The van der Waals surface area contributed by atoms with Gasteiger partial charge in [-0.2, -0.15) is 0 Å². The Morgan fingerprint density at radius 1 is 1.11 bits per heavy atom. The van der Waals surface area contributed by atoms with E-state index >= 15 is 0 Å². The molecule has 3 heteroatoms. The van der Waals surface area contributed by atoms with Crippen LogP contribution in [0.15, 0.2) is 54.9 Å². The number of rotatable bonds is 1. The molecule has 3 aromatic heterocycles. The highest BCUT2D eigenvalue weighted by molar-refractivity contribution is 7.22. The second kappa shape index (κ2) is 3.93. The third kappa shape index (κ3) is 1.74. The first-order valence-electron chi connectivity index (χ1n) is 6.24. The van der Waals surface area contributed by atoms with Gasteiger partial charge in [0.25, 0.3) is 0 Å². The molecular weight excluding hydrogens is 252 g/mol. The highest BCUT2D eigenvalue weighted by atomic mass is 32.1. The van der Waals surface area contributed by atoms with Crippen molar-refractivity contribution in [3.05, 3.63) is 60.4 Å². The number of aromatic nitrogens is 2. The van der Waals surface area contributed by atoms with Crippen LogP contribution in [-0.4, -0.2) is 9.38 Å². The number of hydrogen-bond acceptors (Lipinski definition) is 2. The van der Waals surface area contributed by atoms with Crippen molar-refractivity contribution < 1.29 is 0 Å². The molecule has 0 radical (unpaired) electrons. The van der Waals surface area contributed by atoms with Crippen LogP contribution < -0.4 is 0 Å². The molecular formula is C16H12N2S. The minimum atomic E-state index is 0.992. The lowest BCUT2D eigenvalue weighted by atomic mass is 10.2. The van der Waals surface area contributed by atoms with E-state index in [1.165, 1.54) is 20.5 Å². The Morgan fingerprint density at radius 2 is 2.05 bits per heavy atom. The summed E-state index contributed by atoms with van der Waals surface area (Å²) in [5, 5.41) is 1.30. The summed E-state index contributed by atoms with van der Waals surface area (Å²) in [6.07, 6.45) is 4.12. The molecule has 0 unspecified atom stereocenters. The second-order valence-corrected chi connectivity index (χ2v) is 5.83. The van der Waals surface area contributed by atoms with Crippen molar-refractivity contribution in [1.29, 1.82) is 0 Å². The fraction of sp³-hybridized carbons (Fsp3) is 0.0625. The average Bonchev–Trinajstić information content (AvgIpc) is 3.00. The number of hydrogen-bond donors (Lipinski definition) is 0. The van der Waals surface area contributed by atoms with Crippen molar-refractivity contribution in [3.63, 3.8) is 0 Å². The lowest BCUT2D eigenvalue weighted by Gasteiger charge is -1.89. The largest absolute Gasteiger partial charge is 0.306 e. The zero-order chi connectivity index (χ0) is 12.8. The number of fused-ring (bicyclic) bond motifs is 2. The SMILES string of the molecule is Cc1ccc2sc(-c3cn4ccccc4n3)cc2c1. The van der Waals surface area contributed by atoms with Crippen LogP contribution in [0.4, 0.5) is 0 Å². The van der Waals surface area contributed by atoms with E-state index in [9.17, 15) is 0 Å². The molecule has 4 aromatic rings. The molecule has 0 fully saturated rings. The first-order valence-corrected chi connectivity index (χ1v) is 7.05. The number of thiophene rings is 1. The van der Waals surface area contributed by atoms with Gasteiger partial charge < -0.3 is 4.40 Å². The Kier molecular flexibility index (Phi) is 2.23. The lowest BCUT2D eigenvalue weighted by molar-refractivity contribution is 1.19. The van der Waals surface area contributed by atoms with Crippen LogP contribution in [0.3, 0.4) is 0 Å². The van der Waals surface area contributed by atoms with Gasteiger partial charge in [-0.25, -0.2) is 4.98 Å². The molecule has 2 nitrogen and oxygen atoms in total. The van der Waals surface area contributed by atoms with Crippen molar-refractivity contribution in [3.8, 4) is 10.6 Å².